The van der Waals surface area contributed by atoms with E-state index in [1.807, 2.05) is 30.3 Å². The van der Waals surface area contributed by atoms with Crippen LogP contribution in [0.5, 0.6) is 11.6 Å². The molecule has 0 aliphatic carbocycles. The topological polar surface area (TPSA) is 57.4 Å². The van der Waals surface area contributed by atoms with Crippen LogP contribution in [0.3, 0.4) is 0 Å². The second-order valence-corrected chi connectivity index (χ2v) is 3.54. The van der Waals surface area contributed by atoms with Gasteiger partial charge >= 0.3 is 0 Å². The number of rotatable bonds is 4. The molecule has 2 aromatic rings. The van der Waals surface area contributed by atoms with Crippen molar-refractivity contribution in [3.05, 3.63) is 48.2 Å². The fourth-order valence-corrected chi connectivity index (χ4v) is 1.40. The van der Waals surface area contributed by atoms with Crippen LogP contribution in [-0.4, -0.2) is 12.1 Å². The lowest BCUT2D eigenvalue weighted by molar-refractivity contribution is 0.304. The third kappa shape index (κ3) is 2.87. The van der Waals surface area contributed by atoms with Gasteiger partial charge in [0.25, 0.3) is 0 Å². The van der Waals surface area contributed by atoms with E-state index in [1.54, 1.807) is 13.2 Å². The molecule has 1 aromatic heterocycles. The maximum Gasteiger partial charge on any atom is 0.216 e. The zero-order valence-corrected chi connectivity index (χ0v) is 9.59. The zero-order valence-electron chi connectivity index (χ0n) is 9.59. The van der Waals surface area contributed by atoms with Gasteiger partial charge < -0.3 is 15.2 Å². The highest BCUT2D eigenvalue weighted by Gasteiger charge is 2.04. The quantitative estimate of drug-likeness (QED) is 0.875. The summed E-state index contributed by atoms with van der Waals surface area (Å²) in [6.07, 6.45) is 1.53. The molecule has 1 heterocycles. The van der Waals surface area contributed by atoms with Gasteiger partial charge in [-0.1, -0.05) is 30.3 Å². The Morgan fingerprint density at radius 3 is 2.71 bits per heavy atom. The average Bonchev–Trinajstić information content (AvgIpc) is 2.39. The number of nitrogen functional groups attached to an aromatic ring is 1. The van der Waals surface area contributed by atoms with Crippen molar-refractivity contribution in [1.29, 1.82) is 0 Å². The summed E-state index contributed by atoms with van der Waals surface area (Å²) in [5.41, 5.74) is 7.35. The predicted molar refractivity (Wildman–Crippen MR) is 66.0 cm³/mol. The first kappa shape index (κ1) is 11.3. The van der Waals surface area contributed by atoms with E-state index in [-0.39, 0.29) is 0 Å². The first-order chi connectivity index (χ1) is 8.29. The highest BCUT2D eigenvalue weighted by molar-refractivity contribution is 5.52. The minimum absolute atomic E-state index is 0.470. The van der Waals surface area contributed by atoms with Crippen LogP contribution in [0.15, 0.2) is 42.6 Å². The summed E-state index contributed by atoms with van der Waals surface area (Å²) < 4.78 is 10.6. The highest BCUT2D eigenvalue weighted by atomic mass is 16.5. The lowest BCUT2D eigenvalue weighted by Gasteiger charge is -2.09. The maximum absolute atomic E-state index is 5.77. The number of hydrogen-bond donors (Lipinski definition) is 1. The van der Waals surface area contributed by atoms with E-state index in [2.05, 4.69) is 4.98 Å². The molecule has 2 N–H and O–H groups in total. The summed E-state index contributed by atoms with van der Waals surface area (Å²) in [6, 6.07) is 11.6. The maximum atomic E-state index is 5.77. The highest BCUT2D eigenvalue weighted by Crippen LogP contribution is 2.25. The summed E-state index contributed by atoms with van der Waals surface area (Å²) in [4.78, 5) is 3.99. The van der Waals surface area contributed by atoms with Gasteiger partial charge in [-0.15, -0.1) is 0 Å². The van der Waals surface area contributed by atoms with Gasteiger partial charge in [0.15, 0.2) is 0 Å². The average molecular weight is 230 g/mol. The third-order valence-corrected chi connectivity index (χ3v) is 2.32. The van der Waals surface area contributed by atoms with Gasteiger partial charge in [0.2, 0.25) is 5.88 Å². The molecule has 0 saturated heterocycles. The van der Waals surface area contributed by atoms with Crippen LogP contribution in [0.2, 0.25) is 0 Å². The van der Waals surface area contributed by atoms with Crippen LogP contribution in [-0.2, 0) is 6.61 Å². The molecular formula is C13H14N2O2. The number of hydrogen-bond acceptors (Lipinski definition) is 4. The van der Waals surface area contributed by atoms with Crippen LogP contribution < -0.4 is 15.2 Å². The monoisotopic (exact) mass is 230 g/mol. The van der Waals surface area contributed by atoms with Crippen molar-refractivity contribution < 1.29 is 9.47 Å². The Morgan fingerprint density at radius 1 is 1.24 bits per heavy atom. The van der Waals surface area contributed by atoms with E-state index in [0.29, 0.717) is 23.9 Å². The summed E-state index contributed by atoms with van der Waals surface area (Å²) >= 11 is 0. The fraction of sp³-hybridized carbons (Fsp3) is 0.154. The van der Waals surface area contributed by atoms with Gasteiger partial charge in [0.1, 0.15) is 12.4 Å². The van der Waals surface area contributed by atoms with Crippen molar-refractivity contribution >= 4 is 5.69 Å². The molecule has 2 rings (SSSR count). The molecule has 0 aliphatic heterocycles. The van der Waals surface area contributed by atoms with E-state index in [4.69, 9.17) is 15.2 Å². The van der Waals surface area contributed by atoms with Gasteiger partial charge in [0.05, 0.1) is 19.0 Å². The summed E-state index contributed by atoms with van der Waals surface area (Å²) in [5.74, 6) is 1.07. The molecule has 0 aliphatic rings. The van der Waals surface area contributed by atoms with Crippen molar-refractivity contribution in [2.75, 3.05) is 12.8 Å². The lowest BCUT2D eigenvalue weighted by Crippen LogP contribution is -2.00. The first-order valence-corrected chi connectivity index (χ1v) is 5.26. The number of pyridine rings is 1. The molecule has 0 atom stereocenters. The van der Waals surface area contributed by atoms with E-state index in [0.717, 1.165) is 5.56 Å². The van der Waals surface area contributed by atoms with Gasteiger partial charge in [-0.3, -0.25) is 0 Å². The molecule has 1 aromatic carbocycles. The minimum Gasteiger partial charge on any atom is -0.486 e. The fourth-order valence-electron chi connectivity index (χ4n) is 1.40. The molecule has 0 saturated carbocycles. The van der Waals surface area contributed by atoms with Crippen LogP contribution >= 0.6 is 0 Å². The smallest absolute Gasteiger partial charge is 0.216 e. The van der Waals surface area contributed by atoms with E-state index in [9.17, 15) is 0 Å². The normalized spacial score (nSPS) is 9.94. The second-order valence-electron chi connectivity index (χ2n) is 3.54. The minimum atomic E-state index is 0.470. The van der Waals surface area contributed by atoms with Crippen LogP contribution in [0.4, 0.5) is 5.69 Å². The Labute approximate surface area is 100 Å². The van der Waals surface area contributed by atoms with Crippen molar-refractivity contribution in [3.8, 4) is 11.6 Å². The molecule has 0 amide bonds. The molecule has 88 valence electrons. The van der Waals surface area contributed by atoms with Gasteiger partial charge in [-0.2, -0.15) is 0 Å². The van der Waals surface area contributed by atoms with E-state index in [1.165, 1.54) is 6.20 Å². The molecule has 0 spiro atoms. The van der Waals surface area contributed by atoms with Crippen molar-refractivity contribution in [2.45, 2.75) is 6.61 Å². The standard InChI is InChI=1S/C13H14N2O2/c1-16-13-7-12(11(14)8-15-13)17-9-10-5-3-2-4-6-10/h2-8H,9,14H2,1H3. The number of aromatic nitrogens is 1. The van der Waals surface area contributed by atoms with E-state index >= 15 is 0 Å². The number of nitrogens with zero attached hydrogens (tertiary/aromatic N) is 1. The third-order valence-electron chi connectivity index (χ3n) is 2.32. The molecule has 17 heavy (non-hydrogen) atoms. The SMILES string of the molecule is COc1cc(OCc2ccccc2)c(N)cn1. The molecule has 0 fully saturated rings. The van der Waals surface area contributed by atoms with Crippen molar-refractivity contribution in [3.63, 3.8) is 0 Å². The summed E-state index contributed by atoms with van der Waals surface area (Å²) in [7, 11) is 1.56. The molecular weight excluding hydrogens is 216 g/mol. The van der Waals surface area contributed by atoms with Crippen LogP contribution in [0.25, 0.3) is 0 Å². The van der Waals surface area contributed by atoms with Crippen molar-refractivity contribution in [1.82, 2.24) is 4.98 Å². The van der Waals surface area contributed by atoms with Gasteiger partial charge in [-0.05, 0) is 5.56 Å². The molecule has 4 heteroatoms. The first-order valence-electron chi connectivity index (χ1n) is 5.26. The molecule has 4 nitrogen and oxygen atoms in total. The predicted octanol–water partition coefficient (Wildman–Crippen LogP) is 2.25. The Kier molecular flexibility index (Phi) is 3.45. The second kappa shape index (κ2) is 5.21. The number of benzene rings is 1. The number of nitrogens with two attached hydrogens (primary N) is 1. The molecule has 0 unspecified atom stereocenters. The Hall–Kier alpha value is -2.23. The number of methoxy groups -OCH3 is 1. The van der Waals surface area contributed by atoms with Gasteiger partial charge in [0, 0.05) is 6.07 Å². The van der Waals surface area contributed by atoms with E-state index < -0.39 is 0 Å². The van der Waals surface area contributed by atoms with Crippen molar-refractivity contribution in [2.24, 2.45) is 0 Å². The van der Waals surface area contributed by atoms with Gasteiger partial charge in [-0.25, -0.2) is 4.98 Å². The number of anilines is 1. The Morgan fingerprint density at radius 2 is 2.00 bits per heavy atom. The number of ether oxygens (including phenoxy) is 2. The molecule has 0 radical (unpaired) electrons. The Bertz CT molecular complexity index is 486. The molecule has 0 bridgehead atoms. The van der Waals surface area contributed by atoms with Crippen LogP contribution in [0, 0.1) is 0 Å². The summed E-state index contributed by atoms with van der Waals surface area (Å²) in [6.45, 7) is 0.470. The lowest BCUT2D eigenvalue weighted by atomic mass is 10.2. The van der Waals surface area contributed by atoms with Crippen LogP contribution in [0.1, 0.15) is 5.56 Å². The Balaban J connectivity index is 2.08. The largest absolute Gasteiger partial charge is 0.486 e. The summed E-state index contributed by atoms with van der Waals surface area (Å²) in [5, 5.41) is 0. The zero-order chi connectivity index (χ0) is 12.1.